The molecule has 0 heterocycles. The zero-order chi connectivity index (χ0) is 14.6. The minimum Gasteiger partial charge on any atom is -0.391 e. The number of carbonyl (C=O) groups excluding carboxylic acids is 1. The number of rotatable bonds is 5. The number of nitrogens with one attached hydrogen (secondary N) is 1. The summed E-state index contributed by atoms with van der Waals surface area (Å²) in [6, 6.07) is 2.65. The number of carbonyl (C=O) groups is 1. The molecular formula is C12H15FN2O4. The van der Waals surface area contributed by atoms with Gasteiger partial charge in [-0.1, -0.05) is 13.8 Å². The lowest BCUT2D eigenvalue weighted by Crippen LogP contribution is -2.35. The molecule has 0 aliphatic rings. The van der Waals surface area contributed by atoms with Crippen molar-refractivity contribution in [2.75, 3.05) is 6.54 Å². The average molecular weight is 270 g/mol. The van der Waals surface area contributed by atoms with E-state index < -0.39 is 28.4 Å². The molecule has 1 rings (SSSR count). The molecule has 0 aromatic heterocycles. The molecule has 6 nitrogen and oxygen atoms in total. The normalized spacial score (nSPS) is 12.3. The first-order valence-electron chi connectivity index (χ1n) is 5.73. The largest absolute Gasteiger partial charge is 0.391 e. The Balaban J connectivity index is 2.87. The van der Waals surface area contributed by atoms with Crippen molar-refractivity contribution in [3.05, 3.63) is 39.7 Å². The lowest BCUT2D eigenvalue weighted by atomic mass is 10.1. The standard InChI is InChI=1S/C12H15FN2O4/c1-7(2)11(16)6-14-12(17)9-5-8(13)3-4-10(9)15(18)19/h3-5,7,11,16H,6H2,1-2H3,(H,14,17). The SMILES string of the molecule is CC(C)C(O)CNC(=O)c1cc(F)ccc1[N+](=O)[O-]. The monoisotopic (exact) mass is 270 g/mol. The van der Waals surface area contributed by atoms with Crippen LogP contribution < -0.4 is 5.32 Å². The molecule has 1 amide bonds. The Morgan fingerprint density at radius 3 is 2.68 bits per heavy atom. The van der Waals surface area contributed by atoms with Crippen LogP contribution in [0.15, 0.2) is 18.2 Å². The molecule has 2 N–H and O–H groups in total. The van der Waals surface area contributed by atoms with Crippen LogP contribution in [0, 0.1) is 21.8 Å². The first-order valence-corrected chi connectivity index (χ1v) is 5.73. The van der Waals surface area contributed by atoms with Crippen LogP contribution in [0.4, 0.5) is 10.1 Å². The van der Waals surface area contributed by atoms with Crippen molar-refractivity contribution in [2.45, 2.75) is 20.0 Å². The first kappa shape index (κ1) is 15.0. The summed E-state index contributed by atoms with van der Waals surface area (Å²) in [7, 11) is 0. The fourth-order valence-electron chi connectivity index (χ4n) is 1.38. The quantitative estimate of drug-likeness (QED) is 0.626. The number of amides is 1. The molecule has 1 unspecified atom stereocenters. The Morgan fingerprint density at radius 1 is 1.53 bits per heavy atom. The summed E-state index contributed by atoms with van der Waals surface area (Å²) in [5.74, 6) is -1.59. The van der Waals surface area contributed by atoms with Gasteiger partial charge in [-0.25, -0.2) is 4.39 Å². The van der Waals surface area contributed by atoms with Crippen molar-refractivity contribution in [1.82, 2.24) is 5.32 Å². The highest BCUT2D eigenvalue weighted by molar-refractivity contribution is 5.98. The van der Waals surface area contributed by atoms with Gasteiger partial charge in [0.25, 0.3) is 11.6 Å². The van der Waals surface area contributed by atoms with Crippen LogP contribution >= 0.6 is 0 Å². The molecule has 19 heavy (non-hydrogen) atoms. The number of aliphatic hydroxyl groups is 1. The van der Waals surface area contributed by atoms with Gasteiger partial charge in [-0.15, -0.1) is 0 Å². The Morgan fingerprint density at radius 2 is 2.16 bits per heavy atom. The number of hydrogen-bond acceptors (Lipinski definition) is 4. The van der Waals surface area contributed by atoms with Gasteiger partial charge in [0.15, 0.2) is 0 Å². The van der Waals surface area contributed by atoms with Crippen molar-refractivity contribution in [2.24, 2.45) is 5.92 Å². The number of benzene rings is 1. The lowest BCUT2D eigenvalue weighted by molar-refractivity contribution is -0.385. The van der Waals surface area contributed by atoms with Gasteiger partial charge in [0.2, 0.25) is 0 Å². The number of nitrogens with zero attached hydrogens (tertiary/aromatic N) is 1. The van der Waals surface area contributed by atoms with E-state index in [0.717, 1.165) is 18.2 Å². The van der Waals surface area contributed by atoms with E-state index in [1.54, 1.807) is 13.8 Å². The van der Waals surface area contributed by atoms with Crippen molar-refractivity contribution >= 4 is 11.6 Å². The molecule has 0 saturated heterocycles. The fourth-order valence-corrected chi connectivity index (χ4v) is 1.38. The van der Waals surface area contributed by atoms with Crippen LogP contribution in [0.25, 0.3) is 0 Å². The zero-order valence-electron chi connectivity index (χ0n) is 10.6. The molecule has 0 radical (unpaired) electrons. The second-order valence-corrected chi connectivity index (χ2v) is 4.44. The molecule has 0 aliphatic carbocycles. The maximum Gasteiger partial charge on any atom is 0.282 e. The predicted molar refractivity (Wildman–Crippen MR) is 66.2 cm³/mol. The van der Waals surface area contributed by atoms with Gasteiger partial charge in [-0.05, 0) is 18.1 Å². The molecule has 0 spiro atoms. The third-order valence-corrected chi connectivity index (χ3v) is 2.64. The number of nitro benzene ring substituents is 1. The summed E-state index contributed by atoms with van der Waals surface area (Å²) in [4.78, 5) is 21.7. The molecule has 7 heteroatoms. The smallest absolute Gasteiger partial charge is 0.282 e. The van der Waals surface area contributed by atoms with E-state index in [0.29, 0.717) is 0 Å². The average Bonchev–Trinajstić information content (AvgIpc) is 2.34. The molecule has 104 valence electrons. The van der Waals surface area contributed by atoms with E-state index in [2.05, 4.69) is 5.32 Å². The van der Waals surface area contributed by atoms with Crippen LogP contribution in [-0.4, -0.2) is 28.6 Å². The van der Waals surface area contributed by atoms with Crippen LogP contribution in [-0.2, 0) is 0 Å². The maximum atomic E-state index is 13.0. The van der Waals surface area contributed by atoms with E-state index in [1.165, 1.54) is 0 Å². The summed E-state index contributed by atoms with van der Waals surface area (Å²) in [5, 5.41) is 22.6. The molecule has 0 fully saturated rings. The van der Waals surface area contributed by atoms with Crippen molar-refractivity contribution in [1.29, 1.82) is 0 Å². The third-order valence-electron chi connectivity index (χ3n) is 2.64. The molecular weight excluding hydrogens is 255 g/mol. The molecule has 1 aromatic rings. The van der Waals surface area contributed by atoms with Crippen LogP contribution in [0.3, 0.4) is 0 Å². The summed E-state index contributed by atoms with van der Waals surface area (Å²) >= 11 is 0. The van der Waals surface area contributed by atoms with E-state index in [4.69, 9.17) is 0 Å². The third kappa shape index (κ3) is 3.99. The van der Waals surface area contributed by atoms with E-state index in [9.17, 15) is 24.4 Å². The topological polar surface area (TPSA) is 92.5 Å². The fraction of sp³-hybridized carbons (Fsp3) is 0.417. The number of aliphatic hydroxyl groups excluding tert-OH is 1. The molecule has 0 aliphatic heterocycles. The highest BCUT2D eigenvalue weighted by Gasteiger charge is 2.21. The Hall–Kier alpha value is -2.02. The van der Waals surface area contributed by atoms with Crippen molar-refractivity contribution in [3.8, 4) is 0 Å². The summed E-state index contributed by atoms with van der Waals surface area (Å²) in [6.07, 6.45) is -0.767. The summed E-state index contributed by atoms with van der Waals surface area (Å²) < 4.78 is 13.0. The molecule has 0 saturated carbocycles. The minimum absolute atomic E-state index is 0.0514. The highest BCUT2D eigenvalue weighted by atomic mass is 19.1. The maximum absolute atomic E-state index is 13.0. The second kappa shape index (κ2) is 6.24. The van der Waals surface area contributed by atoms with Crippen LogP contribution in [0.5, 0.6) is 0 Å². The first-order chi connectivity index (χ1) is 8.82. The Bertz CT molecular complexity index is 491. The highest BCUT2D eigenvalue weighted by Crippen LogP contribution is 2.19. The van der Waals surface area contributed by atoms with E-state index in [-0.39, 0.29) is 18.0 Å². The number of nitro groups is 1. The molecule has 0 bridgehead atoms. The van der Waals surface area contributed by atoms with Crippen LogP contribution in [0.2, 0.25) is 0 Å². The molecule has 1 aromatic carbocycles. The summed E-state index contributed by atoms with van der Waals surface area (Å²) in [6.45, 7) is 3.48. The summed E-state index contributed by atoms with van der Waals surface area (Å²) in [5.41, 5.74) is -0.834. The Kier molecular flexibility index (Phi) is 4.94. The van der Waals surface area contributed by atoms with Gasteiger partial charge < -0.3 is 10.4 Å². The van der Waals surface area contributed by atoms with Gasteiger partial charge in [0.05, 0.1) is 11.0 Å². The minimum atomic E-state index is -0.786. The van der Waals surface area contributed by atoms with Crippen molar-refractivity contribution < 1.29 is 19.2 Å². The lowest BCUT2D eigenvalue weighted by Gasteiger charge is -2.15. The molecule has 1 atom stereocenters. The predicted octanol–water partition coefficient (Wildman–Crippen LogP) is 1.48. The van der Waals surface area contributed by atoms with Gasteiger partial charge >= 0.3 is 0 Å². The van der Waals surface area contributed by atoms with E-state index >= 15 is 0 Å². The number of hydrogen-bond donors (Lipinski definition) is 2. The second-order valence-electron chi connectivity index (χ2n) is 4.44. The van der Waals surface area contributed by atoms with Crippen molar-refractivity contribution in [3.63, 3.8) is 0 Å². The van der Waals surface area contributed by atoms with Gasteiger partial charge in [-0.2, -0.15) is 0 Å². The Labute approximate surface area is 109 Å². The van der Waals surface area contributed by atoms with Gasteiger partial charge in [0.1, 0.15) is 11.4 Å². The zero-order valence-corrected chi connectivity index (χ0v) is 10.6. The van der Waals surface area contributed by atoms with Crippen LogP contribution in [0.1, 0.15) is 24.2 Å². The van der Waals surface area contributed by atoms with Gasteiger partial charge in [-0.3, -0.25) is 14.9 Å². The van der Waals surface area contributed by atoms with E-state index in [1.807, 2.05) is 0 Å². The number of halogens is 1. The van der Waals surface area contributed by atoms with Gasteiger partial charge in [0, 0.05) is 12.6 Å².